The van der Waals surface area contributed by atoms with E-state index in [0.717, 1.165) is 21.3 Å². The third-order valence-electron chi connectivity index (χ3n) is 1.95. The van der Waals surface area contributed by atoms with Crippen molar-refractivity contribution in [2.45, 2.75) is 19.8 Å². The molecule has 3 unspecified atom stereocenters. The second-order valence-electron chi connectivity index (χ2n) is 3.31. The van der Waals surface area contributed by atoms with E-state index in [9.17, 15) is 13.7 Å². The molecule has 0 aliphatic rings. The quantitative estimate of drug-likeness (QED) is 0.598. The number of phosphoric acid groups is 2. The van der Waals surface area contributed by atoms with E-state index in [1.807, 2.05) is 6.92 Å². The fourth-order valence-corrected chi connectivity index (χ4v) is 5.81. The molecular formula is C7H19O9P3. The second kappa shape index (κ2) is 8.03. The Morgan fingerprint density at radius 1 is 0.947 bits per heavy atom. The highest BCUT2D eigenvalue weighted by Crippen LogP contribution is 2.70. The van der Waals surface area contributed by atoms with Crippen molar-refractivity contribution in [3.05, 3.63) is 0 Å². The highest BCUT2D eigenvalue weighted by molar-refractivity contribution is 7.69. The summed E-state index contributed by atoms with van der Waals surface area (Å²) in [7, 11) is -10.0. The summed E-state index contributed by atoms with van der Waals surface area (Å²) in [4.78, 5) is 9.08. The molecule has 0 rings (SSSR count). The van der Waals surface area contributed by atoms with Crippen molar-refractivity contribution in [1.82, 2.24) is 0 Å². The van der Waals surface area contributed by atoms with Gasteiger partial charge in [0.15, 0.2) is 0 Å². The summed E-state index contributed by atoms with van der Waals surface area (Å²) in [6, 6.07) is 0. The second-order valence-corrected chi connectivity index (χ2v) is 9.22. The molecule has 0 aromatic heterocycles. The van der Waals surface area contributed by atoms with Gasteiger partial charge in [-0.25, -0.2) is 13.4 Å². The number of unbranched alkanes of at least 4 members (excludes halogenated alkanes) is 1. The maximum atomic E-state index is 12.1. The van der Waals surface area contributed by atoms with Crippen molar-refractivity contribution in [3.8, 4) is 0 Å². The van der Waals surface area contributed by atoms with E-state index < -0.39 is 23.2 Å². The van der Waals surface area contributed by atoms with Gasteiger partial charge in [-0.1, -0.05) is 13.3 Å². The summed E-state index contributed by atoms with van der Waals surface area (Å²) < 4.78 is 57.4. The summed E-state index contributed by atoms with van der Waals surface area (Å²) in [5.74, 6) is 0. The van der Waals surface area contributed by atoms with E-state index in [0.29, 0.717) is 12.8 Å². The maximum absolute atomic E-state index is 12.1. The minimum atomic E-state index is -4.62. The number of hydrogen-bond donors (Lipinski definition) is 1. The van der Waals surface area contributed by atoms with E-state index in [-0.39, 0.29) is 6.16 Å². The predicted molar refractivity (Wildman–Crippen MR) is 68.0 cm³/mol. The Balaban J connectivity index is 5.00. The van der Waals surface area contributed by atoms with Crippen LogP contribution < -0.4 is 0 Å². The molecule has 0 saturated heterocycles. The fraction of sp³-hybridized carbons (Fsp3) is 1.00. The third-order valence-corrected chi connectivity index (χ3v) is 7.70. The molecule has 0 aliphatic heterocycles. The van der Waals surface area contributed by atoms with Gasteiger partial charge >= 0.3 is 23.2 Å². The Morgan fingerprint density at radius 3 is 1.89 bits per heavy atom. The third kappa shape index (κ3) is 7.14. The largest absolute Gasteiger partial charge is 0.490 e. The molecule has 0 aromatic rings. The first-order valence-corrected chi connectivity index (χ1v) is 9.96. The van der Waals surface area contributed by atoms with E-state index in [1.54, 1.807) is 0 Å². The Hall–Kier alpha value is 0.450. The van der Waals surface area contributed by atoms with Crippen LogP contribution in [0.25, 0.3) is 0 Å². The lowest BCUT2D eigenvalue weighted by Gasteiger charge is -2.22. The van der Waals surface area contributed by atoms with E-state index in [2.05, 4.69) is 17.9 Å². The molecule has 0 amide bonds. The smallest absolute Gasteiger partial charge is 0.312 e. The molecule has 116 valence electrons. The zero-order chi connectivity index (χ0) is 15.2. The first-order chi connectivity index (χ1) is 8.66. The number of rotatable bonds is 10. The van der Waals surface area contributed by atoms with Gasteiger partial charge in [0.25, 0.3) is 0 Å². The summed E-state index contributed by atoms with van der Waals surface area (Å²) in [6.07, 6.45) is 1.15. The van der Waals surface area contributed by atoms with Gasteiger partial charge in [-0.15, -0.1) is 0 Å². The van der Waals surface area contributed by atoms with Gasteiger partial charge in [0.05, 0.1) is 6.16 Å². The zero-order valence-electron chi connectivity index (χ0n) is 11.2. The lowest BCUT2D eigenvalue weighted by Crippen LogP contribution is -2.01. The van der Waals surface area contributed by atoms with E-state index in [1.165, 1.54) is 0 Å². The Morgan fingerprint density at radius 2 is 1.53 bits per heavy atom. The van der Waals surface area contributed by atoms with Gasteiger partial charge in [0, 0.05) is 21.3 Å². The van der Waals surface area contributed by atoms with Crippen LogP contribution in [0.15, 0.2) is 0 Å². The Labute approximate surface area is 112 Å². The Kier molecular flexibility index (Phi) is 8.22. The Bertz CT molecular complexity index is 409. The van der Waals surface area contributed by atoms with Gasteiger partial charge < -0.3 is 9.42 Å². The molecular weight excluding hydrogens is 321 g/mol. The normalized spacial score (nSPS) is 21.3. The van der Waals surface area contributed by atoms with Crippen molar-refractivity contribution < 1.29 is 40.8 Å². The molecule has 0 saturated carbocycles. The average Bonchev–Trinajstić information content (AvgIpc) is 2.35. The predicted octanol–water partition coefficient (Wildman–Crippen LogP) is 3.16. The van der Waals surface area contributed by atoms with Crippen molar-refractivity contribution >= 4 is 23.2 Å². The topological polar surface area (TPSA) is 118 Å². The molecule has 0 aliphatic carbocycles. The molecule has 0 radical (unpaired) electrons. The molecule has 0 bridgehead atoms. The molecule has 9 nitrogen and oxygen atoms in total. The lowest BCUT2D eigenvalue weighted by molar-refractivity contribution is 0.184. The standard InChI is InChI=1S/C7H19O9P3/c1-5-6-7-17(8,12-2)15-19(11,14-4)16-18(9,10)13-3/h5-7H2,1-4H3,(H,9,10). The summed E-state index contributed by atoms with van der Waals surface area (Å²) >= 11 is 0. The van der Waals surface area contributed by atoms with Gasteiger partial charge in [0.2, 0.25) is 0 Å². The lowest BCUT2D eigenvalue weighted by atomic mass is 10.4. The van der Waals surface area contributed by atoms with Gasteiger partial charge in [-0.2, -0.15) is 4.31 Å². The molecule has 1 N–H and O–H groups in total. The zero-order valence-corrected chi connectivity index (χ0v) is 13.9. The molecule has 0 spiro atoms. The van der Waals surface area contributed by atoms with Crippen molar-refractivity contribution in [1.29, 1.82) is 0 Å². The van der Waals surface area contributed by atoms with Crippen molar-refractivity contribution in [2.24, 2.45) is 0 Å². The molecule has 3 atom stereocenters. The molecule has 19 heavy (non-hydrogen) atoms. The fourth-order valence-electron chi connectivity index (χ4n) is 0.911. The van der Waals surface area contributed by atoms with Crippen LogP contribution in [0.3, 0.4) is 0 Å². The van der Waals surface area contributed by atoms with Crippen LogP contribution in [-0.4, -0.2) is 32.4 Å². The monoisotopic (exact) mass is 340 g/mol. The maximum Gasteiger partial charge on any atom is 0.490 e. The van der Waals surface area contributed by atoms with Gasteiger partial charge in [0.1, 0.15) is 0 Å². The van der Waals surface area contributed by atoms with Crippen LogP contribution in [-0.2, 0) is 35.9 Å². The van der Waals surface area contributed by atoms with Gasteiger partial charge in [-0.3, -0.25) is 13.6 Å². The molecule has 0 fully saturated rings. The van der Waals surface area contributed by atoms with Crippen molar-refractivity contribution in [3.63, 3.8) is 0 Å². The van der Waals surface area contributed by atoms with E-state index >= 15 is 0 Å². The first kappa shape index (κ1) is 19.4. The van der Waals surface area contributed by atoms with Crippen LogP contribution in [0.1, 0.15) is 19.8 Å². The minimum absolute atomic E-state index is 0.0284. The summed E-state index contributed by atoms with van der Waals surface area (Å²) in [5, 5.41) is 0. The SMILES string of the molecule is CCCCP(=O)(OC)OP(=O)(OC)OP(=O)(O)OC. The van der Waals surface area contributed by atoms with E-state index in [4.69, 9.17) is 9.20 Å². The van der Waals surface area contributed by atoms with Crippen LogP contribution in [0.2, 0.25) is 0 Å². The van der Waals surface area contributed by atoms with Crippen LogP contribution in [0, 0.1) is 0 Å². The van der Waals surface area contributed by atoms with Crippen LogP contribution >= 0.6 is 23.2 Å². The minimum Gasteiger partial charge on any atom is -0.312 e. The van der Waals surface area contributed by atoms with Gasteiger partial charge in [-0.05, 0) is 6.42 Å². The van der Waals surface area contributed by atoms with Crippen LogP contribution in [0.4, 0.5) is 0 Å². The highest BCUT2D eigenvalue weighted by atomic mass is 31.3. The number of phosphoric ester groups is 1. The molecule has 0 aromatic carbocycles. The molecule has 0 heterocycles. The van der Waals surface area contributed by atoms with Crippen LogP contribution in [0.5, 0.6) is 0 Å². The first-order valence-electron chi connectivity index (χ1n) is 5.27. The average molecular weight is 340 g/mol. The van der Waals surface area contributed by atoms with Crippen molar-refractivity contribution in [2.75, 3.05) is 27.5 Å². The summed E-state index contributed by atoms with van der Waals surface area (Å²) in [5.41, 5.74) is 0. The summed E-state index contributed by atoms with van der Waals surface area (Å²) in [6.45, 7) is 1.85. The number of hydrogen-bond acceptors (Lipinski definition) is 8. The highest BCUT2D eigenvalue weighted by Gasteiger charge is 2.43. The molecule has 12 heteroatoms.